The van der Waals surface area contributed by atoms with Crippen molar-refractivity contribution in [1.29, 1.82) is 0 Å². The average molecular weight is 1570 g/mol. The van der Waals surface area contributed by atoms with Crippen LogP contribution in [0.4, 0.5) is 0 Å². The van der Waals surface area contributed by atoms with Crippen molar-refractivity contribution in [3.63, 3.8) is 0 Å². The number of hydrazine groups is 1. The third-order valence-electron chi connectivity index (χ3n) is 19.1. The second-order valence-electron chi connectivity index (χ2n) is 27.4. The van der Waals surface area contributed by atoms with Gasteiger partial charge in [-0.25, -0.2) is 5.43 Å². The zero-order chi connectivity index (χ0) is 79.9. The SMILES string of the molecule is CC(=O)[C@H](CCCCN)NNC(=O)CCCCCCC(=O)NCCO[C@H]1O[C@H](CO[C@H]2O[C@H](CO)[C@@H](O)[C@H](O)[C@@H]2O)[C@@H](O)[C@H](O[C@H]2O[C@H](CO)[C@@H](O)[C@H](O)[C@@H]2O)[C@@H]1O.CCNC(=O)CCCCCCC(=O)CCCO[C@H]1O[C@H](CO[C@H]2O[C@H](CO)[C@@H](O)[C@H](O)[C@@H]2O)[C@@H](O)[C@H](O[C@H]2O[C@H](CO)[C@@H](O)[C@H](O)[C@@H]2O)[C@@H]1O. The van der Waals surface area contributed by atoms with Crippen molar-refractivity contribution >= 4 is 29.3 Å². The first-order valence-electron chi connectivity index (χ1n) is 36.8. The van der Waals surface area contributed by atoms with Gasteiger partial charge in [-0.05, 0) is 65.3 Å². The Morgan fingerprint density at radius 3 is 1.12 bits per heavy atom. The number of ketones is 2. The van der Waals surface area contributed by atoms with E-state index in [9.17, 15) is 126 Å². The van der Waals surface area contributed by atoms with Crippen LogP contribution in [0.1, 0.15) is 123 Å². The number of nitrogens with one attached hydrogen (secondary N) is 4. The molecule has 0 aromatic carbocycles. The normalized spacial score (nSPS) is 37.5. The van der Waals surface area contributed by atoms with Crippen LogP contribution in [-0.2, 0) is 80.8 Å². The molecule has 6 heterocycles. The first-order valence-corrected chi connectivity index (χ1v) is 36.8. The minimum atomic E-state index is -1.90. The van der Waals surface area contributed by atoms with E-state index in [0.29, 0.717) is 64.5 Å². The van der Waals surface area contributed by atoms with Crippen LogP contribution < -0.4 is 27.2 Å². The summed E-state index contributed by atoms with van der Waals surface area (Å²) in [5.41, 5.74) is 10.8. The molecule has 0 unspecified atom stereocenters. The van der Waals surface area contributed by atoms with Crippen molar-refractivity contribution in [2.24, 2.45) is 5.73 Å². The highest BCUT2D eigenvalue weighted by molar-refractivity contribution is 5.82. The van der Waals surface area contributed by atoms with E-state index in [1.165, 1.54) is 6.92 Å². The van der Waals surface area contributed by atoms with Crippen LogP contribution in [0, 0.1) is 0 Å². The van der Waals surface area contributed by atoms with Gasteiger partial charge in [0.1, 0.15) is 158 Å². The quantitative estimate of drug-likeness (QED) is 0.0199. The summed E-state index contributed by atoms with van der Waals surface area (Å²) in [5, 5.41) is 211. The average Bonchev–Trinajstić information content (AvgIpc) is 0.776. The fourth-order valence-corrected chi connectivity index (χ4v) is 12.5. The molecule has 6 aliphatic rings. The summed E-state index contributed by atoms with van der Waals surface area (Å²) in [4.78, 5) is 60.3. The monoisotopic (exact) mass is 1570 g/mol. The van der Waals surface area contributed by atoms with E-state index in [0.717, 1.165) is 32.1 Å². The Bertz CT molecular complexity index is 2560. The number of carbonyl (C=O) groups is 5. The topological polar surface area (TPSA) is 675 Å². The van der Waals surface area contributed by atoms with Gasteiger partial charge in [-0.1, -0.05) is 32.1 Å². The molecule has 0 radical (unpaired) electrons. The van der Waals surface area contributed by atoms with Crippen molar-refractivity contribution in [2.75, 3.05) is 72.5 Å². The maximum Gasteiger partial charge on any atom is 0.234 e. The van der Waals surface area contributed by atoms with Gasteiger partial charge in [-0.3, -0.25) is 29.4 Å². The lowest BCUT2D eigenvalue weighted by atomic mass is 9.96. The Balaban J connectivity index is 0.000000391. The van der Waals surface area contributed by atoms with Crippen LogP contribution in [-0.4, -0.2) is 394 Å². The fourth-order valence-electron chi connectivity index (χ4n) is 12.5. The highest BCUT2D eigenvalue weighted by Gasteiger charge is 2.55. The smallest absolute Gasteiger partial charge is 0.234 e. The number of nitrogens with two attached hydrogens (primary N) is 1. The van der Waals surface area contributed by atoms with Crippen LogP contribution >= 0.6 is 0 Å². The lowest BCUT2D eigenvalue weighted by molar-refractivity contribution is -0.366. The Hall–Kier alpha value is -3.61. The van der Waals surface area contributed by atoms with Crippen LogP contribution in [0.2, 0.25) is 0 Å². The molecular weight excluding hydrogens is 1450 g/mol. The molecule has 31 atom stereocenters. The standard InChI is InChI=1S/C35H64N4O19.C31H55NO18/c1-17(42)18(8-6-7-11-36)38-39-23(44)10-5-3-2-4-9-22(43)37-12-13-53-34-31(52)32(58-35-30(51)28(49)25(46)20(15-41)56-35)26(47)21(57-34)16-54-33-29(50)27(48)24(45)19(14-40)55-33;1-2-32-19(36)10-6-4-3-5-8-15(35)9-7-11-45-30-27(44)28(50-31-26(43)24(41)21(38)17(13-34)48-31)22(39)18(49-30)14-46-29-25(42)23(40)20(37)16(12-33)47-29/h18-21,24-35,38,40-41,45-52H,2-16,36H2,1H3,(H,37,43)(H,39,44);16-18,20-31,33-34,37-44H,2-14H2,1H3,(H,32,36)/t18-,19+,20+,21+,24+,25+,26+,27-,28-,29-,30-,31-,32-,33-,34-,35+;16-,17-,18-,20-,21-,22-,23+,24+,25+,26+,27+,28+,29+,30+,31-/m01/s1. The van der Waals surface area contributed by atoms with E-state index >= 15 is 0 Å². The molecular formula is C66H119N5O37. The second kappa shape index (κ2) is 49.2. The first-order chi connectivity index (χ1) is 51.5. The number of carbonyl (C=O) groups excluding carboxylic acids is 5. The minimum absolute atomic E-state index is 0.00423. The number of rotatable bonds is 45. The minimum Gasteiger partial charge on any atom is -0.394 e. The molecule has 6 rings (SSSR count). The van der Waals surface area contributed by atoms with E-state index in [4.69, 9.17) is 62.6 Å². The van der Waals surface area contributed by atoms with Crippen LogP contribution in [0.15, 0.2) is 0 Å². The number of hydrogen-bond acceptors (Lipinski definition) is 39. The molecule has 0 aliphatic carbocycles. The molecule has 0 bridgehead atoms. The lowest BCUT2D eigenvalue weighted by Crippen LogP contribution is -2.65. The van der Waals surface area contributed by atoms with Gasteiger partial charge < -0.3 is 175 Å². The Labute approximate surface area is 623 Å². The van der Waals surface area contributed by atoms with Crippen molar-refractivity contribution in [1.82, 2.24) is 21.5 Å². The molecule has 108 heavy (non-hydrogen) atoms. The Morgan fingerprint density at radius 1 is 0.370 bits per heavy atom. The summed E-state index contributed by atoms with van der Waals surface area (Å²) in [6, 6.07) is -0.479. The Kier molecular flexibility index (Phi) is 43.3. The van der Waals surface area contributed by atoms with Gasteiger partial charge in [0.15, 0.2) is 37.7 Å². The summed E-state index contributed by atoms with van der Waals surface area (Å²) in [7, 11) is 0. The highest BCUT2D eigenvalue weighted by Crippen LogP contribution is 2.34. The van der Waals surface area contributed by atoms with Crippen molar-refractivity contribution in [3.8, 4) is 0 Å². The molecule has 0 aromatic heterocycles. The molecule has 26 N–H and O–H groups in total. The summed E-state index contributed by atoms with van der Waals surface area (Å²) < 4.78 is 66.6. The first kappa shape index (κ1) is 95.0. The Morgan fingerprint density at radius 2 is 0.722 bits per heavy atom. The molecule has 630 valence electrons. The van der Waals surface area contributed by atoms with Crippen molar-refractivity contribution in [2.45, 2.75) is 313 Å². The maximum absolute atomic E-state index is 12.4. The molecule has 0 aromatic rings. The number of hydrogen-bond donors (Lipinski definition) is 25. The number of aliphatic hydroxyl groups is 20. The van der Waals surface area contributed by atoms with Gasteiger partial charge in [0.2, 0.25) is 17.7 Å². The number of Topliss-reactive ketones (excluding diaryl/α,β-unsaturated/α-hetero) is 2. The van der Waals surface area contributed by atoms with Gasteiger partial charge in [-0.15, -0.1) is 0 Å². The molecule has 0 saturated carbocycles. The number of aliphatic hydroxyl groups excluding tert-OH is 20. The predicted octanol–water partition coefficient (Wildman–Crippen LogP) is -11.1. The second-order valence-corrected chi connectivity index (χ2v) is 27.4. The van der Waals surface area contributed by atoms with E-state index in [1.807, 2.05) is 6.92 Å². The molecule has 6 fully saturated rings. The lowest BCUT2D eigenvalue weighted by Gasteiger charge is -2.46. The predicted molar refractivity (Wildman–Crippen MR) is 360 cm³/mol. The van der Waals surface area contributed by atoms with E-state index < -0.39 is 230 Å². The maximum atomic E-state index is 12.4. The van der Waals surface area contributed by atoms with E-state index in [2.05, 4.69) is 21.5 Å². The molecule has 6 aliphatic heterocycles. The molecule has 42 heteroatoms. The molecule has 6 saturated heterocycles. The van der Waals surface area contributed by atoms with Crippen LogP contribution in [0.3, 0.4) is 0 Å². The van der Waals surface area contributed by atoms with Crippen molar-refractivity contribution < 1.29 is 183 Å². The van der Waals surface area contributed by atoms with Gasteiger partial charge >= 0.3 is 0 Å². The third kappa shape index (κ3) is 28.7. The summed E-state index contributed by atoms with van der Waals surface area (Å²) >= 11 is 0. The van der Waals surface area contributed by atoms with Gasteiger partial charge in [0.25, 0.3) is 0 Å². The molecule has 0 spiro atoms. The zero-order valence-corrected chi connectivity index (χ0v) is 60.7. The number of amides is 3. The van der Waals surface area contributed by atoms with Crippen molar-refractivity contribution in [3.05, 3.63) is 0 Å². The molecule has 3 amide bonds. The van der Waals surface area contributed by atoms with Crippen LogP contribution in [0.5, 0.6) is 0 Å². The van der Waals surface area contributed by atoms with E-state index in [1.54, 1.807) is 0 Å². The van der Waals surface area contributed by atoms with Gasteiger partial charge in [0, 0.05) is 45.2 Å². The molecule has 42 nitrogen and oxygen atoms in total. The fraction of sp³-hybridized carbons (Fsp3) is 0.924. The van der Waals surface area contributed by atoms with Gasteiger partial charge in [0.05, 0.1) is 58.9 Å². The highest BCUT2D eigenvalue weighted by atomic mass is 16.8. The third-order valence-corrected chi connectivity index (χ3v) is 19.1. The largest absolute Gasteiger partial charge is 0.394 e. The summed E-state index contributed by atoms with van der Waals surface area (Å²) in [6.45, 7) is -0.145. The van der Waals surface area contributed by atoms with Crippen LogP contribution in [0.25, 0.3) is 0 Å². The summed E-state index contributed by atoms with van der Waals surface area (Å²) in [6.07, 6.45) is -40.5. The van der Waals surface area contributed by atoms with Gasteiger partial charge in [-0.2, -0.15) is 0 Å². The number of ether oxygens (including phenoxy) is 12. The zero-order valence-electron chi connectivity index (χ0n) is 60.7. The number of unbranched alkanes of at least 4 members (excludes halogenated alkanes) is 7. The summed E-state index contributed by atoms with van der Waals surface area (Å²) in [5.74, 6) is -0.631. The van der Waals surface area contributed by atoms with E-state index in [-0.39, 0.29) is 74.7 Å².